The molecule has 0 saturated heterocycles. The summed E-state index contributed by atoms with van der Waals surface area (Å²) in [5, 5.41) is 0. The van der Waals surface area contributed by atoms with Crippen LogP contribution in [0.2, 0.25) is 0 Å². The first-order chi connectivity index (χ1) is 6.20. The van der Waals surface area contributed by atoms with Crippen LogP contribution in [0.3, 0.4) is 0 Å². The van der Waals surface area contributed by atoms with Gasteiger partial charge in [-0.2, -0.15) is 0 Å². The predicted octanol–water partition coefficient (Wildman–Crippen LogP) is 2.09. The van der Waals surface area contributed by atoms with Crippen LogP contribution < -0.4 is 5.73 Å². The molecule has 0 amide bonds. The van der Waals surface area contributed by atoms with Crippen LogP contribution in [-0.2, 0) is 0 Å². The van der Waals surface area contributed by atoms with Gasteiger partial charge in [0.1, 0.15) is 0 Å². The highest BCUT2D eigenvalue weighted by Gasteiger charge is 2.00. The monoisotopic (exact) mass is 186 g/mol. The Morgan fingerprint density at radius 1 is 1.23 bits per heavy atom. The molecule has 0 heterocycles. The largest absolute Gasteiger partial charge is 0.330 e. The maximum Gasteiger partial charge on any atom is -0.000977 e. The minimum absolute atomic E-state index is 0.815. The standard InChI is InChI=1S/C11H26N2/c1-4-11(2)7-5-9-13(3)10-6-8-12/h11H,4-10,12H2,1-3H3. The van der Waals surface area contributed by atoms with Gasteiger partial charge >= 0.3 is 0 Å². The first-order valence-electron chi connectivity index (χ1n) is 5.59. The van der Waals surface area contributed by atoms with Gasteiger partial charge < -0.3 is 10.6 Å². The van der Waals surface area contributed by atoms with E-state index in [0.717, 1.165) is 25.4 Å². The lowest BCUT2D eigenvalue weighted by Gasteiger charge is -2.16. The molecular weight excluding hydrogens is 160 g/mol. The molecule has 2 heteroatoms. The maximum atomic E-state index is 5.45. The summed E-state index contributed by atoms with van der Waals surface area (Å²) in [4.78, 5) is 2.38. The molecule has 2 nitrogen and oxygen atoms in total. The van der Waals surface area contributed by atoms with E-state index in [2.05, 4.69) is 25.8 Å². The van der Waals surface area contributed by atoms with Gasteiger partial charge in [-0.05, 0) is 51.9 Å². The Morgan fingerprint density at radius 3 is 2.38 bits per heavy atom. The summed E-state index contributed by atoms with van der Waals surface area (Å²) in [5.41, 5.74) is 5.45. The van der Waals surface area contributed by atoms with Crippen LogP contribution in [0.15, 0.2) is 0 Å². The van der Waals surface area contributed by atoms with Crippen LogP contribution in [0, 0.1) is 5.92 Å². The van der Waals surface area contributed by atoms with E-state index in [-0.39, 0.29) is 0 Å². The molecule has 13 heavy (non-hydrogen) atoms. The summed E-state index contributed by atoms with van der Waals surface area (Å²) < 4.78 is 0. The highest BCUT2D eigenvalue weighted by molar-refractivity contribution is 4.55. The van der Waals surface area contributed by atoms with Gasteiger partial charge in [-0.25, -0.2) is 0 Å². The fraction of sp³-hybridized carbons (Fsp3) is 1.00. The second-order valence-electron chi connectivity index (χ2n) is 4.10. The van der Waals surface area contributed by atoms with Crippen molar-refractivity contribution in [1.82, 2.24) is 4.90 Å². The third kappa shape index (κ3) is 8.26. The summed E-state index contributed by atoms with van der Waals surface area (Å²) in [6.07, 6.45) is 5.13. The van der Waals surface area contributed by atoms with Gasteiger partial charge in [-0.1, -0.05) is 20.3 Å². The molecule has 0 fully saturated rings. The molecule has 0 saturated carbocycles. The molecule has 0 radical (unpaired) electrons. The van der Waals surface area contributed by atoms with E-state index >= 15 is 0 Å². The van der Waals surface area contributed by atoms with Crippen LogP contribution in [0.5, 0.6) is 0 Å². The zero-order valence-corrected chi connectivity index (χ0v) is 9.55. The summed E-state index contributed by atoms with van der Waals surface area (Å²) in [5.74, 6) is 0.892. The first-order valence-corrected chi connectivity index (χ1v) is 5.59. The Kier molecular flexibility index (Phi) is 8.46. The minimum atomic E-state index is 0.815. The fourth-order valence-electron chi connectivity index (χ4n) is 1.39. The summed E-state index contributed by atoms with van der Waals surface area (Å²) in [6.45, 7) is 7.79. The van der Waals surface area contributed by atoms with Crippen molar-refractivity contribution in [3.63, 3.8) is 0 Å². The van der Waals surface area contributed by atoms with E-state index in [1.54, 1.807) is 0 Å². The van der Waals surface area contributed by atoms with Crippen LogP contribution in [-0.4, -0.2) is 31.6 Å². The normalized spacial score (nSPS) is 13.6. The molecule has 2 N–H and O–H groups in total. The smallest absolute Gasteiger partial charge is 0.000977 e. The van der Waals surface area contributed by atoms with Crippen molar-refractivity contribution in [3.8, 4) is 0 Å². The van der Waals surface area contributed by atoms with Gasteiger partial charge in [0, 0.05) is 0 Å². The summed E-state index contributed by atoms with van der Waals surface area (Å²) in [6, 6.07) is 0. The number of rotatable bonds is 8. The second kappa shape index (κ2) is 8.52. The van der Waals surface area contributed by atoms with E-state index in [1.165, 1.54) is 25.8 Å². The number of hydrogen-bond acceptors (Lipinski definition) is 2. The Bertz CT molecular complexity index is 104. The van der Waals surface area contributed by atoms with Crippen molar-refractivity contribution in [1.29, 1.82) is 0 Å². The highest BCUT2D eigenvalue weighted by atomic mass is 15.1. The Labute approximate surface area is 83.5 Å². The third-order valence-electron chi connectivity index (χ3n) is 2.68. The molecule has 0 bridgehead atoms. The van der Waals surface area contributed by atoms with Crippen molar-refractivity contribution >= 4 is 0 Å². The van der Waals surface area contributed by atoms with Crippen molar-refractivity contribution < 1.29 is 0 Å². The number of nitrogens with zero attached hydrogens (tertiary/aromatic N) is 1. The second-order valence-corrected chi connectivity index (χ2v) is 4.10. The van der Waals surface area contributed by atoms with E-state index in [9.17, 15) is 0 Å². The average molecular weight is 186 g/mol. The van der Waals surface area contributed by atoms with E-state index in [0.29, 0.717) is 0 Å². The quantitative estimate of drug-likeness (QED) is 0.629. The van der Waals surface area contributed by atoms with Crippen LogP contribution in [0.25, 0.3) is 0 Å². The van der Waals surface area contributed by atoms with Crippen molar-refractivity contribution in [2.75, 3.05) is 26.7 Å². The summed E-state index contributed by atoms with van der Waals surface area (Å²) >= 11 is 0. The average Bonchev–Trinajstić information content (AvgIpc) is 2.14. The molecule has 0 aliphatic carbocycles. The molecule has 0 aliphatic rings. The molecule has 1 atom stereocenters. The summed E-state index contributed by atoms with van der Waals surface area (Å²) in [7, 11) is 2.19. The first kappa shape index (κ1) is 12.9. The zero-order chi connectivity index (χ0) is 10.1. The van der Waals surface area contributed by atoms with Crippen molar-refractivity contribution in [2.45, 2.75) is 39.5 Å². The SMILES string of the molecule is CCC(C)CCCN(C)CCCN. The van der Waals surface area contributed by atoms with Crippen molar-refractivity contribution in [2.24, 2.45) is 11.7 Å². The van der Waals surface area contributed by atoms with Gasteiger partial charge in [-0.15, -0.1) is 0 Å². The molecule has 0 aromatic heterocycles. The highest BCUT2D eigenvalue weighted by Crippen LogP contribution is 2.09. The van der Waals surface area contributed by atoms with Crippen LogP contribution >= 0.6 is 0 Å². The van der Waals surface area contributed by atoms with Crippen LogP contribution in [0.1, 0.15) is 39.5 Å². The Balaban J connectivity index is 3.21. The van der Waals surface area contributed by atoms with Crippen molar-refractivity contribution in [3.05, 3.63) is 0 Å². The molecule has 0 spiro atoms. The molecule has 1 unspecified atom stereocenters. The molecule has 80 valence electrons. The lowest BCUT2D eigenvalue weighted by atomic mass is 10.0. The minimum Gasteiger partial charge on any atom is -0.330 e. The Hall–Kier alpha value is -0.0800. The van der Waals surface area contributed by atoms with E-state index in [4.69, 9.17) is 5.73 Å². The Morgan fingerprint density at radius 2 is 1.85 bits per heavy atom. The predicted molar refractivity (Wildman–Crippen MR) is 59.9 cm³/mol. The van der Waals surface area contributed by atoms with E-state index < -0.39 is 0 Å². The van der Waals surface area contributed by atoms with Gasteiger partial charge in [0.15, 0.2) is 0 Å². The lowest BCUT2D eigenvalue weighted by molar-refractivity contribution is 0.311. The molecule has 0 rings (SSSR count). The zero-order valence-electron chi connectivity index (χ0n) is 9.55. The number of hydrogen-bond donors (Lipinski definition) is 1. The lowest BCUT2D eigenvalue weighted by Crippen LogP contribution is -2.23. The van der Waals surface area contributed by atoms with E-state index in [1.807, 2.05) is 0 Å². The van der Waals surface area contributed by atoms with Crippen LogP contribution in [0.4, 0.5) is 0 Å². The topological polar surface area (TPSA) is 29.3 Å². The van der Waals surface area contributed by atoms with Gasteiger partial charge in [0.25, 0.3) is 0 Å². The third-order valence-corrected chi connectivity index (χ3v) is 2.68. The number of nitrogens with two attached hydrogens (primary N) is 1. The molecule has 0 aliphatic heterocycles. The molecule has 0 aromatic carbocycles. The fourth-order valence-corrected chi connectivity index (χ4v) is 1.39. The maximum absolute atomic E-state index is 5.45. The van der Waals surface area contributed by atoms with Gasteiger partial charge in [-0.3, -0.25) is 0 Å². The van der Waals surface area contributed by atoms with Gasteiger partial charge in [0.05, 0.1) is 0 Å². The van der Waals surface area contributed by atoms with Gasteiger partial charge in [0.2, 0.25) is 0 Å². The molecule has 0 aromatic rings. The molecular formula is C11H26N2.